The van der Waals surface area contributed by atoms with Crippen LogP contribution in [-0.2, 0) is 17.8 Å². The second-order valence-electron chi connectivity index (χ2n) is 8.08. The fourth-order valence-corrected chi connectivity index (χ4v) is 3.57. The molecule has 1 heterocycles. The molecule has 2 N–H and O–H groups in total. The number of nitrogens with zero attached hydrogens (tertiary/aromatic N) is 3. The smallest absolute Gasteiger partial charge is 0.191 e. The molecule has 0 atom stereocenters. The van der Waals surface area contributed by atoms with E-state index in [2.05, 4.69) is 63.8 Å². The molecular formula is C23H42IN5O. The van der Waals surface area contributed by atoms with Crippen molar-refractivity contribution in [3.05, 3.63) is 35.4 Å². The van der Waals surface area contributed by atoms with E-state index in [0.717, 1.165) is 51.9 Å². The zero-order valence-electron chi connectivity index (χ0n) is 19.2. The van der Waals surface area contributed by atoms with Gasteiger partial charge < -0.3 is 20.3 Å². The summed E-state index contributed by atoms with van der Waals surface area (Å²) in [5.41, 5.74) is 2.72. The monoisotopic (exact) mass is 531 g/mol. The Hall–Kier alpha value is -0.900. The Kier molecular flexibility index (Phi) is 15.2. The van der Waals surface area contributed by atoms with Gasteiger partial charge in [-0.2, -0.15) is 0 Å². The third kappa shape index (κ3) is 11.5. The number of hydrogen-bond acceptors (Lipinski definition) is 4. The molecule has 2 rings (SSSR count). The van der Waals surface area contributed by atoms with Crippen LogP contribution in [0.1, 0.15) is 43.2 Å². The fourth-order valence-electron chi connectivity index (χ4n) is 3.57. The van der Waals surface area contributed by atoms with E-state index in [1.54, 1.807) is 0 Å². The van der Waals surface area contributed by atoms with Gasteiger partial charge in [-0.25, -0.2) is 0 Å². The van der Waals surface area contributed by atoms with E-state index in [1.807, 2.05) is 7.05 Å². The highest BCUT2D eigenvalue weighted by atomic mass is 127. The van der Waals surface area contributed by atoms with E-state index in [1.165, 1.54) is 49.8 Å². The van der Waals surface area contributed by atoms with E-state index < -0.39 is 0 Å². The van der Waals surface area contributed by atoms with Gasteiger partial charge in [-0.1, -0.05) is 43.5 Å². The van der Waals surface area contributed by atoms with E-state index in [9.17, 15) is 0 Å². The van der Waals surface area contributed by atoms with Gasteiger partial charge in [-0.15, -0.1) is 24.0 Å². The number of hydrogen-bond donors (Lipinski definition) is 2. The van der Waals surface area contributed by atoms with Crippen molar-refractivity contribution in [1.29, 1.82) is 0 Å². The fraction of sp³-hybridized carbons (Fsp3) is 0.696. The zero-order chi connectivity index (χ0) is 20.7. The predicted molar refractivity (Wildman–Crippen MR) is 138 cm³/mol. The van der Waals surface area contributed by atoms with Crippen LogP contribution in [0.2, 0.25) is 0 Å². The van der Waals surface area contributed by atoms with Crippen LogP contribution in [-0.4, -0.2) is 76.3 Å². The lowest BCUT2D eigenvalue weighted by atomic mass is 10.1. The summed E-state index contributed by atoms with van der Waals surface area (Å²) < 4.78 is 5.46. The Balaban J connectivity index is 0.00000450. The lowest BCUT2D eigenvalue weighted by Crippen LogP contribution is -2.38. The molecule has 1 aliphatic rings. The molecular weight excluding hydrogens is 489 g/mol. The summed E-state index contributed by atoms with van der Waals surface area (Å²) in [5.74, 6) is 0.888. The molecule has 6 nitrogen and oxygen atoms in total. The molecule has 0 aromatic heterocycles. The summed E-state index contributed by atoms with van der Waals surface area (Å²) in [4.78, 5) is 9.10. The minimum atomic E-state index is 0. The van der Waals surface area contributed by atoms with E-state index in [4.69, 9.17) is 4.74 Å². The minimum absolute atomic E-state index is 0. The SMILES string of the molecule is CN=C(NCCCCCCCN(C)C)NCc1ccccc1CN1CCOCC1.I. The Morgan fingerprint density at radius 1 is 1.00 bits per heavy atom. The van der Waals surface area contributed by atoms with Crippen molar-refractivity contribution in [3.63, 3.8) is 0 Å². The lowest BCUT2D eigenvalue weighted by Gasteiger charge is -2.27. The maximum atomic E-state index is 5.46. The number of rotatable bonds is 12. The van der Waals surface area contributed by atoms with E-state index in [-0.39, 0.29) is 24.0 Å². The van der Waals surface area contributed by atoms with Crippen molar-refractivity contribution in [2.75, 3.05) is 60.5 Å². The van der Waals surface area contributed by atoms with Crippen LogP contribution in [0.15, 0.2) is 29.3 Å². The summed E-state index contributed by atoms with van der Waals surface area (Å²) in [6.07, 6.45) is 6.41. The first kappa shape index (κ1) is 27.1. The topological polar surface area (TPSA) is 52.1 Å². The Bertz CT molecular complexity index is 591. The number of benzene rings is 1. The number of morpholine rings is 1. The van der Waals surface area contributed by atoms with Crippen molar-refractivity contribution in [3.8, 4) is 0 Å². The number of aliphatic imine (C=N–C) groups is 1. The van der Waals surface area contributed by atoms with E-state index in [0.29, 0.717) is 0 Å². The van der Waals surface area contributed by atoms with E-state index >= 15 is 0 Å². The van der Waals surface area contributed by atoms with Crippen LogP contribution in [0.4, 0.5) is 0 Å². The van der Waals surface area contributed by atoms with Crippen LogP contribution in [0, 0.1) is 0 Å². The first-order valence-electron chi connectivity index (χ1n) is 11.1. The standard InChI is InChI=1S/C23H41N5O.HI/c1-24-23(25-13-9-5-4-6-10-14-27(2)3)26-19-21-11-7-8-12-22(21)20-28-15-17-29-18-16-28;/h7-8,11-12H,4-6,9-10,13-20H2,1-3H3,(H2,24,25,26);1H. The third-order valence-corrected chi connectivity index (χ3v) is 5.36. The number of unbranched alkanes of at least 4 members (excludes halogenated alkanes) is 4. The van der Waals surface area contributed by atoms with Crippen molar-refractivity contribution < 1.29 is 4.74 Å². The number of halogens is 1. The van der Waals surface area contributed by atoms with Gasteiger partial charge in [0.2, 0.25) is 0 Å². The molecule has 0 radical (unpaired) electrons. The second kappa shape index (κ2) is 16.8. The van der Waals surface area contributed by atoms with Gasteiger partial charge in [0.15, 0.2) is 5.96 Å². The van der Waals surface area contributed by atoms with Gasteiger partial charge in [-0.05, 0) is 44.6 Å². The average molecular weight is 532 g/mol. The van der Waals surface area contributed by atoms with Gasteiger partial charge >= 0.3 is 0 Å². The molecule has 7 heteroatoms. The van der Waals surface area contributed by atoms with Crippen molar-refractivity contribution in [2.45, 2.75) is 45.2 Å². The maximum Gasteiger partial charge on any atom is 0.191 e. The summed E-state index contributed by atoms with van der Waals surface area (Å²) in [7, 11) is 6.13. The minimum Gasteiger partial charge on any atom is -0.379 e. The molecule has 0 spiro atoms. The molecule has 0 amide bonds. The third-order valence-electron chi connectivity index (χ3n) is 5.36. The molecule has 0 aliphatic carbocycles. The first-order chi connectivity index (χ1) is 14.2. The van der Waals surface area contributed by atoms with Crippen molar-refractivity contribution in [1.82, 2.24) is 20.4 Å². The number of ether oxygens (including phenoxy) is 1. The molecule has 0 unspecified atom stereocenters. The number of nitrogens with one attached hydrogen (secondary N) is 2. The summed E-state index contributed by atoms with van der Waals surface area (Å²) in [5, 5.41) is 6.93. The van der Waals surface area contributed by atoms with Gasteiger partial charge in [0.05, 0.1) is 13.2 Å². The average Bonchev–Trinajstić information content (AvgIpc) is 2.73. The lowest BCUT2D eigenvalue weighted by molar-refractivity contribution is 0.0341. The highest BCUT2D eigenvalue weighted by Crippen LogP contribution is 2.13. The van der Waals surface area contributed by atoms with Crippen LogP contribution in [0.3, 0.4) is 0 Å². The molecule has 30 heavy (non-hydrogen) atoms. The molecule has 0 saturated carbocycles. The number of guanidine groups is 1. The second-order valence-corrected chi connectivity index (χ2v) is 8.08. The molecule has 172 valence electrons. The van der Waals surface area contributed by atoms with Crippen LogP contribution < -0.4 is 10.6 Å². The summed E-state index contributed by atoms with van der Waals surface area (Å²) >= 11 is 0. The first-order valence-corrected chi connectivity index (χ1v) is 11.1. The van der Waals surface area contributed by atoms with Crippen LogP contribution in [0.25, 0.3) is 0 Å². The summed E-state index contributed by atoms with van der Waals surface area (Å²) in [6.45, 7) is 7.66. The zero-order valence-corrected chi connectivity index (χ0v) is 21.5. The normalized spacial score (nSPS) is 15.1. The molecule has 1 aromatic carbocycles. The Morgan fingerprint density at radius 3 is 2.37 bits per heavy atom. The molecule has 1 aliphatic heterocycles. The summed E-state index contributed by atoms with van der Waals surface area (Å²) in [6, 6.07) is 8.69. The van der Waals surface area contributed by atoms with Crippen LogP contribution >= 0.6 is 24.0 Å². The van der Waals surface area contributed by atoms with Crippen LogP contribution in [0.5, 0.6) is 0 Å². The van der Waals surface area contributed by atoms with Gasteiger partial charge in [0, 0.05) is 39.8 Å². The quantitative estimate of drug-likeness (QED) is 0.188. The van der Waals surface area contributed by atoms with Gasteiger partial charge in [0.1, 0.15) is 0 Å². The molecule has 1 aromatic rings. The highest BCUT2D eigenvalue weighted by molar-refractivity contribution is 14.0. The van der Waals surface area contributed by atoms with Gasteiger partial charge in [-0.3, -0.25) is 9.89 Å². The highest BCUT2D eigenvalue weighted by Gasteiger charge is 2.12. The van der Waals surface area contributed by atoms with Gasteiger partial charge in [0.25, 0.3) is 0 Å². The maximum absolute atomic E-state index is 5.46. The van der Waals surface area contributed by atoms with Crippen molar-refractivity contribution in [2.24, 2.45) is 4.99 Å². The Morgan fingerprint density at radius 2 is 1.67 bits per heavy atom. The predicted octanol–water partition coefficient (Wildman–Crippen LogP) is 3.31. The van der Waals surface area contributed by atoms with Crippen molar-refractivity contribution >= 4 is 29.9 Å². The molecule has 1 saturated heterocycles. The Labute approximate surface area is 200 Å². The largest absolute Gasteiger partial charge is 0.379 e. The molecule has 0 bridgehead atoms. The molecule has 1 fully saturated rings.